The summed E-state index contributed by atoms with van der Waals surface area (Å²) in [5.74, 6) is 2.18. The molecule has 0 fully saturated rings. The Morgan fingerprint density at radius 3 is 2.93 bits per heavy atom. The number of aryl methyl sites for hydroxylation is 1. The van der Waals surface area contributed by atoms with Crippen molar-refractivity contribution in [2.45, 2.75) is 18.9 Å². The lowest BCUT2D eigenvalue weighted by Crippen LogP contribution is -2.40. The molecule has 27 heavy (non-hydrogen) atoms. The number of carbonyl (C=O) groups is 1. The summed E-state index contributed by atoms with van der Waals surface area (Å²) in [5.41, 5.74) is 0.770. The fourth-order valence-corrected chi connectivity index (χ4v) is 2.67. The first-order valence-electron chi connectivity index (χ1n) is 8.66. The fourth-order valence-electron chi connectivity index (χ4n) is 2.67. The van der Waals surface area contributed by atoms with Gasteiger partial charge >= 0.3 is 0 Å². The van der Waals surface area contributed by atoms with E-state index >= 15 is 0 Å². The van der Waals surface area contributed by atoms with E-state index < -0.39 is 0 Å². The molecule has 0 radical (unpaired) electrons. The summed E-state index contributed by atoms with van der Waals surface area (Å²) in [5, 5.41) is 6.76. The topological polar surface area (TPSA) is 99.4 Å². The second-order valence-corrected chi connectivity index (χ2v) is 6.06. The fraction of sp³-hybridized carbons (Fsp3) is 0.263. The number of aromatic nitrogens is 3. The molecule has 1 aliphatic rings. The molecule has 8 nitrogen and oxygen atoms in total. The largest absolute Gasteiger partial charge is 0.486 e. The van der Waals surface area contributed by atoms with E-state index in [-0.39, 0.29) is 18.4 Å². The molecule has 0 saturated carbocycles. The van der Waals surface area contributed by atoms with Crippen molar-refractivity contribution in [1.29, 1.82) is 0 Å². The molecule has 1 aromatic carbocycles. The zero-order valence-corrected chi connectivity index (χ0v) is 14.5. The number of nitrogens with one attached hydrogen (secondary N) is 1. The molecule has 0 spiro atoms. The first-order chi connectivity index (χ1) is 13.3. The van der Waals surface area contributed by atoms with Gasteiger partial charge in [-0.25, -0.2) is 0 Å². The number of hydrogen-bond acceptors (Lipinski definition) is 7. The predicted molar refractivity (Wildman–Crippen MR) is 95.2 cm³/mol. The maximum atomic E-state index is 12.1. The van der Waals surface area contributed by atoms with Crippen molar-refractivity contribution in [2.75, 3.05) is 13.2 Å². The number of ether oxygens (including phenoxy) is 2. The van der Waals surface area contributed by atoms with Crippen LogP contribution in [0.5, 0.6) is 11.5 Å². The molecular formula is C19H18N4O4. The van der Waals surface area contributed by atoms with E-state index in [2.05, 4.69) is 20.4 Å². The van der Waals surface area contributed by atoms with Crippen LogP contribution in [0, 0.1) is 0 Å². The standard InChI is InChI=1S/C19H18N4O4/c24-17(21-11-14-12-25-15-5-1-2-6-16(15)26-14)7-8-18-22-19(23-27-18)13-4-3-9-20-10-13/h1-6,9-10,14H,7-8,11-12H2,(H,21,24). The number of pyridine rings is 1. The lowest BCUT2D eigenvalue weighted by molar-refractivity contribution is -0.121. The van der Waals surface area contributed by atoms with Crippen LogP contribution < -0.4 is 14.8 Å². The first kappa shape index (κ1) is 17.0. The van der Waals surface area contributed by atoms with Gasteiger partial charge in [0.25, 0.3) is 0 Å². The van der Waals surface area contributed by atoms with Crippen LogP contribution in [0.4, 0.5) is 0 Å². The Labute approximate surface area is 155 Å². The van der Waals surface area contributed by atoms with Crippen LogP contribution in [0.2, 0.25) is 0 Å². The van der Waals surface area contributed by atoms with Gasteiger partial charge in [-0.2, -0.15) is 4.98 Å². The molecule has 1 amide bonds. The second kappa shape index (κ2) is 7.86. The average Bonchev–Trinajstić information content (AvgIpc) is 3.20. The molecule has 1 aliphatic heterocycles. The lowest BCUT2D eigenvalue weighted by atomic mass is 10.2. The van der Waals surface area contributed by atoms with Crippen molar-refractivity contribution in [2.24, 2.45) is 0 Å². The normalized spacial score (nSPS) is 15.3. The van der Waals surface area contributed by atoms with Crippen LogP contribution in [-0.4, -0.2) is 40.3 Å². The van der Waals surface area contributed by atoms with E-state index in [1.54, 1.807) is 18.5 Å². The van der Waals surface area contributed by atoms with Crippen molar-refractivity contribution in [3.05, 3.63) is 54.7 Å². The van der Waals surface area contributed by atoms with Crippen LogP contribution in [-0.2, 0) is 11.2 Å². The van der Waals surface area contributed by atoms with Crippen LogP contribution >= 0.6 is 0 Å². The third kappa shape index (κ3) is 4.22. The monoisotopic (exact) mass is 366 g/mol. The number of nitrogens with zero attached hydrogens (tertiary/aromatic N) is 3. The highest BCUT2D eigenvalue weighted by molar-refractivity contribution is 5.76. The number of para-hydroxylation sites is 2. The van der Waals surface area contributed by atoms with Gasteiger partial charge in [0.05, 0.1) is 6.54 Å². The van der Waals surface area contributed by atoms with Crippen molar-refractivity contribution in [1.82, 2.24) is 20.4 Å². The Balaban J connectivity index is 1.23. The van der Waals surface area contributed by atoms with Crippen molar-refractivity contribution in [3.63, 3.8) is 0 Å². The summed E-state index contributed by atoms with van der Waals surface area (Å²) < 4.78 is 16.6. The SMILES string of the molecule is O=C(CCc1nc(-c2cccnc2)no1)NCC1COc2ccccc2O1. The van der Waals surface area contributed by atoms with Crippen LogP contribution in [0.15, 0.2) is 53.3 Å². The van der Waals surface area contributed by atoms with E-state index in [1.807, 2.05) is 30.3 Å². The van der Waals surface area contributed by atoms with E-state index in [0.717, 1.165) is 11.3 Å². The quantitative estimate of drug-likeness (QED) is 0.712. The van der Waals surface area contributed by atoms with Gasteiger partial charge in [-0.3, -0.25) is 9.78 Å². The molecular weight excluding hydrogens is 348 g/mol. The summed E-state index contributed by atoms with van der Waals surface area (Å²) in [4.78, 5) is 20.4. The van der Waals surface area contributed by atoms with Gasteiger partial charge in [0.2, 0.25) is 17.6 Å². The number of carbonyl (C=O) groups excluding carboxylic acids is 1. The molecule has 4 rings (SSSR count). The summed E-state index contributed by atoms with van der Waals surface area (Å²) >= 11 is 0. The summed E-state index contributed by atoms with van der Waals surface area (Å²) in [6, 6.07) is 11.1. The van der Waals surface area contributed by atoms with Gasteiger partial charge in [0.1, 0.15) is 12.7 Å². The third-order valence-electron chi connectivity index (χ3n) is 4.05. The van der Waals surface area contributed by atoms with Crippen molar-refractivity contribution < 1.29 is 18.8 Å². The minimum atomic E-state index is -0.218. The average molecular weight is 366 g/mol. The number of benzene rings is 1. The summed E-state index contributed by atoms with van der Waals surface area (Å²) in [7, 11) is 0. The van der Waals surface area contributed by atoms with Gasteiger partial charge in [-0.05, 0) is 24.3 Å². The summed E-state index contributed by atoms with van der Waals surface area (Å²) in [6.45, 7) is 0.771. The molecule has 1 atom stereocenters. The van der Waals surface area contributed by atoms with Crippen molar-refractivity contribution in [3.8, 4) is 22.9 Å². The molecule has 0 bridgehead atoms. The third-order valence-corrected chi connectivity index (χ3v) is 4.05. The molecule has 1 N–H and O–H groups in total. The van der Waals surface area contributed by atoms with E-state index in [4.69, 9.17) is 14.0 Å². The Bertz CT molecular complexity index is 913. The highest BCUT2D eigenvalue weighted by Crippen LogP contribution is 2.30. The van der Waals surface area contributed by atoms with E-state index in [1.165, 1.54) is 0 Å². The molecule has 1 unspecified atom stereocenters. The first-order valence-corrected chi connectivity index (χ1v) is 8.66. The van der Waals surface area contributed by atoms with Crippen LogP contribution in [0.25, 0.3) is 11.4 Å². The zero-order valence-electron chi connectivity index (χ0n) is 14.5. The molecule has 138 valence electrons. The maximum absolute atomic E-state index is 12.1. The number of hydrogen-bond donors (Lipinski definition) is 1. The minimum Gasteiger partial charge on any atom is -0.486 e. The van der Waals surface area contributed by atoms with Crippen LogP contribution in [0.1, 0.15) is 12.3 Å². The van der Waals surface area contributed by atoms with E-state index in [9.17, 15) is 4.79 Å². The molecule has 0 saturated heterocycles. The van der Waals surface area contributed by atoms with Gasteiger partial charge in [0.15, 0.2) is 11.5 Å². The molecule has 8 heteroatoms. The molecule has 3 aromatic rings. The zero-order chi connectivity index (χ0) is 18.5. The second-order valence-electron chi connectivity index (χ2n) is 6.06. The maximum Gasteiger partial charge on any atom is 0.227 e. The Hall–Kier alpha value is -3.42. The highest BCUT2D eigenvalue weighted by Gasteiger charge is 2.21. The van der Waals surface area contributed by atoms with Crippen molar-refractivity contribution >= 4 is 5.91 Å². The predicted octanol–water partition coefficient (Wildman–Crippen LogP) is 2.02. The highest BCUT2D eigenvalue weighted by atomic mass is 16.6. The molecule has 2 aromatic heterocycles. The van der Waals surface area contributed by atoms with Gasteiger partial charge in [0, 0.05) is 30.8 Å². The minimum absolute atomic E-state index is 0.112. The smallest absolute Gasteiger partial charge is 0.227 e. The Kier molecular flexibility index (Phi) is 4.95. The summed E-state index contributed by atoms with van der Waals surface area (Å²) in [6.07, 6.45) is 3.73. The van der Waals surface area contributed by atoms with Gasteiger partial charge < -0.3 is 19.3 Å². The Morgan fingerprint density at radius 2 is 2.07 bits per heavy atom. The molecule has 0 aliphatic carbocycles. The lowest BCUT2D eigenvalue weighted by Gasteiger charge is -2.26. The van der Waals surface area contributed by atoms with Crippen LogP contribution in [0.3, 0.4) is 0 Å². The van der Waals surface area contributed by atoms with Gasteiger partial charge in [-0.15, -0.1) is 0 Å². The van der Waals surface area contributed by atoms with E-state index in [0.29, 0.717) is 37.0 Å². The number of rotatable bonds is 6. The molecule has 3 heterocycles. The number of fused-ring (bicyclic) bond motifs is 1. The number of amides is 1. The van der Waals surface area contributed by atoms with Gasteiger partial charge in [-0.1, -0.05) is 17.3 Å². The Morgan fingerprint density at radius 1 is 1.19 bits per heavy atom.